The van der Waals surface area contributed by atoms with E-state index in [2.05, 4.69) is 30.3 Å². The van der Waals surface area contributed by atoms with Gasteiger partial charge in [0.25, 0.3) is 0 Å². The van der Waals surface area contributed by atoms with Crippen molar-refractivity contribution in [2.45, 2.75) is 25.2 Å². The summed E-state index contributed by atoms with van der Waals surface area (Å²) in [6, 6.07) is 23.3. The van der Waals surface area contributed by atoms with Crippen molar-refractivity contribution in [2.24, 2.45) is 0 Å². The van der Waals surface area contributed by atoms with E-state index in [4.69, 9.17) is 0 Å². The first kappa shape index (κ1) is 18.7. The van der Waals surface area contributed by atoms with Crippen LogP contribution >= 0.6 is 0 Å². The monoisotopic (exact) mass is 417 g/mol. The summed E-state index contributed by atoms with van der Waals surface area (Å²) in [5.74, 6) is 1.85. The van der Waals surface area contributed by atoms with E-state index in [1.807, 2.05) is 24.1 Å². The van der Waals surface area contributed by atoms with E-state index >= 15 is 0 Å². The highest BCUT2D eigenvalue weighted by atomic mass is 16.1. The van der Waals surface area contributed by atoms with Crippen molar-refractivity contribution in [2.75, 3.05) is 4.90 Å². The number of Topliss-reactive ketones (excluding diaryl/α,β-unsaturated/α-hetero) is 2. The Morgan fingerprint density at radius 1 is 0.844 bits per heavy atom. The van der Waals surface area contributed by atoms with Crippen LogP contribution in [0.5, 0.6) is 0 Å². The van der Waals surface area contributed by atoms with E-state index in [0.717, 1.165) is 24.1 Å². The molecule has 1 heterocycles. The fourth-order valence-electron chi connectivity index (χ4n) is 5.35. The molecule has 1 aliphatic heterocycles. The highest BCUT2D eigenvalue weighted by Crippen LogP contribution is 2.44. The number of anilines is 1. The molecule has 2 aliphatic carbocycles. The van der Waals surface area contributed by atoms with Gasteiger partial charge in [-0.05, 0) is 41.7 Å². The molecule has 0 amide bonds. The van der Waals surface area contributed by atoms with Gasteiger partial charge in [0.05, 0.1) is 0 Å². The SMILES string of the molecule is O=C=C1CC2=C(C(=O)c3ccccc3C2=O)N1c1cccc(C2CCc3ccccc32)c1. The van der Waals surface area contributed by atoms with Gasteiger partial charge in [0, 0.05) is 34.7 Å². The van der Waals surface area contributed by atoms with Crippen molar-refractivity contribution in [1.82, 2.24) is 0 Å². The van der Waals surface area contributed by atoms with Crippen molar-refractivity contribution in [3.05, 3.63) is 118 Å². The summed E-state index contributed by atoms with van der Waals surface area (Å²) in [5, 5.41) is 0. The smallest absolute Gasteiger partial charge is 0.210 e. The Hall–Kier alpha value is -4.01. The minimum atomic E-state index is -0.225. The van der Waals surface area contributed by atoms with Crippen molar-refractivity contribution in [1.29, 1.82) is 0 Å². The summed E-state index contributed by atoms with van der Waals surface area (Å²) in [7, 11) is 0. The van der Waals surface area contributed by atoms with Crippen LogP contribution in [0, 0.1) is 0 Å². The second kappa shape index (κ2) is 7.01. The molecule has 1 unspecified atom stereocenters. The summed E-state index contributed by atoms with van der Waals surface area (Å²) in [6.07, 6.45) is 2.18. The van der Waals surface area contributed by atoms with Crippen LogP contribution in [0.2, 0.25) is 0 Å². The number of carbonyl (C=O) groups is 2. The highest BCUT2D eigenvalue weighted by Gasteiger charge is 2.42. The second-order valence-corrected chi connectivity index (χ2v) is 8.48. The molecule has 3 aromatic carbocycles. The number of aryl methyl sites for hydroxylation is 1. The lowest BCUT2D eigenvalue weighted by molar-refractivity contribution is 0.0975. The Balaban J connectivity index is 1.46. The predicted molar refractivity (Wildman–Crippen MR) is 121 cm³/mol. The Labute approximate surface area is 185 Å². The third kappa shape index (κ3) is 2.60. The maximum Gasteiger partial charge on any atom is 0.210 e. The third-order valence-electron chi connectivity index (χ3n) is 6.81. The standard InChI is InChI=1S/C28H19NO3/c30-16-20-15-25-26(28(32)24-11-4-3-10-23(24)27(25)31)29(20)19-8-5-7-18(14-19)22-13-12-17-6-1-2-9-21(17)22/h1-11,14,22H,12-13,15H2. The molecule has 3 aromatic rings. The van der Waals surface area contributed by atoms with E-state index in [1.54, 1.807) is 29.2 Å². The van der Waals surface area contributed by atoms with Crippen LogP contribution < -0.4 is 4.90 Å². The first-order chi connectivity index (χ1) is 15.7. The number of nitrogens with zero attached hydrogens (tertiary/aromatic N) is 1. The maximum atomic E-state index is 13.4. The number of hydrogen-bond acceptors (Lipinski definition) is 4. The molecule has 0 radical (unpaired) electrons. The van der Waals surface area contributed by atoms with Gasteiger partial charge in [0.15, 0.2) is 5.78 Å². The van der Waals surface area contributed by atoms with Crippen LogP contribution in [0.4, 0.5) is 5.69 Å². The number of hydrogen-bond donors (Lipinski definition) is 0. The van der Waals surface area contributed by atoms with Crippen molar-refractivity contribution < 1.29 is 14.4 Å². The molecule has 1 atom stereocenters. The Bertz CT molecular complexity index is 1410. The lowest BCUT2D eigenvalue weighted by Gasteiger charge is -2.25. The normalized spacial score (nSPS) is 19.1. The molecule has 154 valence electrons. The average molecular weight is 417 g/mol. The topological polar surface area (TPSA) is 54.5 Å². The molecule has 6 rings (SSSR count). The Kier molecular flexibility index (Phi) is 4.11. The second-order valence-electron chi connectivity index (χ2n) is 8.48. The molecule has 0 fully saturated rings. The summed E-state index contributed by atoms with van der Waals surface area (Å²) >= 11 is 0. The molecule has 3 aliphatic rings. The quantitative estimate of drug-likeness (QED) is 0.549. The third-order valence-corrected chi connectivity index (χ3v) is 6.81. The van der Waals surface area contributed by atoms with Crippen LogP contribution in [-0.2, 0) is 11.2 Å². The van der Waals surface area contributed by atoms with Gasteiger partial charge in [-0.25, -0.2) is 4.79 Å². The largest absolute Gasteiger partial charge is 0.300 e. The fraction of sp³-hybridized carbons (Fsp3) is 0.143. The van der Waals surface area contributed by atoms with E-state index in [9.17, 15) is 14.4 Å². The lowest BCUT2D eigenvalue weighted by atomic mass is 9.87. The van der Waals surface area contributed by atoms with Crippen LogP contribution in [0.1, 0.15) is 56.2 Å². The van der Waals surface area contributed by atoms with Crippen LogP contribution in [0.25, 0.3) is 0 Å². The van der Waals surface area contributed by atoms with E-state index in [-0.39, 0.29) is 29.6 Å². The maximum absolute atomic E-state index is 13.4. The van der Waals surface area contributed by atoms with Crippen LogP contribution in [0.3, 0.4) is 0 Å². The zero-order valence-electron chi connectivity index (χ0n) is 17.3. The Morgan fingerprint density at radius 3 is 2.41 bits per heavy atom. The Morgan fingerprint density at radius 2 is 1.59 bits per heavy atom. The van der Waals surface area contributed by atoms with Gasteiger partial charge in [0.1, 0.15) is 17.3 Å². The molecular formula is C28H19NO3. The van der Waals surface area contributed by atoms with Gasteiger partial charge in [-0.3, -0.25) is 9.59 Å². The van der Waals surface area contributed by atoms with Crippen LogP contribution in [0.15, 0.2) is 89.8 Å². The summed E-state index contributed by atoms with van der Waals surface area (Å²) in [4.78, 5) is 40.0. The van der Waals surface area contributed by atoms with Gasteiger partial charge in [-0.2, -0.15) is 0 Å². The molecule has 4 heteroatoms. The van der Waals surface area contributed by atoms with Gasteiger partial charge >= 0.3 is 0 Å². The summed E-state index contributed by atoms with van der Waals surface area (Å²) in [5.41, 5.74) is 6.31. The van der Waals surface area contributed by atoms with Crippen molar-refractivity contribution >= 4 is 23.2 Å². The fourth-order valence-corrected chi connectivity index (χ4v) is 5.35. The molecular weight excluding hydrogens is 398 g/mol. The van der Waals surface area contributed by atoms with E-state index in [0.29, 0.717) is 22.4 Å². The molecule has 0 spiro atoms. The van der Waals surface area contributed by atoms with Gasteiger partial charge < -0.3 is 4.90 Å². The minimum Gasteiger partial charge on any atom is -0.300 e. The summed E-state index contributed by atoms with van der Waals surface area (Å²) < 4.78 is 0. The number of rotatable bonds is 2. The molecule has 32 heavy (non-hydrogen) atoms. The highest BCUT2D eigenvalue weighted by molar-refractivity contribution is 6.29. The lowest BCUT2D eigenvalue weighted by Crippen LogP contribution is -2.28. The van der Waals surface area contributed by atoms with Gasteiger partial charge in [-0.15, -0.1) is 0 Å². The first-order valence-electron chi connectivity index (χ1n) is 10.8. The van der Waals surface area contributed by atoms with E-state index < -0.39 is 0 Å². The number of fused-ring (bicyclic) bond motifs is 2. The number of benzene rings is 3. The average Bonchev–Trinajstić information content (AvgIpc) is 3.45. The van der Waals surface area contributed by atoms with Gasteiger partial charge in [-0.1, -0.05) is 60.7 Å². The zero-order valence-corrected chi connectivity index (χ0v) is 17.3. The molecule has 0 aromatic heterocycles. The minimum absolute atomic E-state index is 0.119. The molecule has 0 N–H and O–H groups in total. The van der Waals surface area contributed by atoms with Crippen molar-refractivity contribution in [3.8, 4) is 0 Å². The molecule has 4 nitrogen and oxygen atoms in total. The molecule has 0 bridgehead atoms. The van der Waals surface area contributed by atoms with E-state index in [1.165, 1.54) is 11.1 Å². The number of carbonyl (C=O) groups excluding carboxylic acids is 3. The molecule has 0 saturated carbocycles. The number of ketones is 2. The zero-order chi connectivity index (χ0) is 21.8. The molecule has 0 saturated heterocycles. The number of allylic oxidation sites excluding steroid dienone is 2. The van der Waals surface area contributed by atoms with Crippen LogP contribution in [-0.4, -0.2) is 17.5 Å². The van der Waals surface area contributed by atoms with Crippen molar-refractivity contribution in [3.63, 3.8) is 0 Å². The summed E-state index contributed by atoms with van der Waals surface area (Å²) in [6.45, 7) is 0. The first-order valence-corrected chi connectivity index (χ1v) is 10.8. The van der Waals surface area contributed by atoms with Gasteiger partial charge in [0.2, 0.25) is 5.78 Å². The predicted octanol–water partition coefficient (Wildman–Crippen LogP) is 5.02.